The molecule has 150 valence electrons. The lowest BCUT2D eigenvalue weighted by atomic mass is 10.1. The summed E-state index contributed by atoms with van der Waals surface area (Å²) in [4.78, 5) is 26.9. The molecule has 6 heteroatoms. The Morgan fingerprint density at radius 1 is 1.07 bits per heavy atom. The van der Waals surface area contributed by atoms with Gasteiger partial charge in [-0.2, -0.15) is 0 Å². The topological polar surface area (TPSA) is 49.4 Å². The first kappa shape index (κ1) is 22.3. The van der Waals surface area contributed by atoms with Crippen LogP contribution in [0.1, 0.15) is 30.5 Å². The van der Waals surface area contributed by atoms with Gasteiger partial charge in [0, 0.05) is 23.9 Å². The van der Waals surface area contributed by atoms with Gasteiger partial charge in [0.1, 0.15) is 6.04 Å². The molecular formula is C22H27ClN2O2S. The van der Waals surface area contributed by atoms with Crippen LogP contribution in [0, 0.1) is 6.92 Å². The van der Waals surface area contributed by atoms with E-state index in [1.54, 1.807) is 35.7 Å². The van der Waals surface area contributed by atoms with Crippen molar-refractivity contribution in [3.8, 4) is 0 Å². The highest BCUT2D eigenvalue weighted by molar-refractivity contribution is 7.99. The van der Waals surface area contributed by atoms with Crippen LogP contribution in [0.2, 0.25) is 5.02 Å². The summed E-state index contributed by atoms with van der Waals surface area (Å²) in [6.07, 6.45) is 0. The van der Waals surface area contributed by atoms with Crippen molar-refractivity contribution in [2.75, 3.05) is 12.3 Å². The highest BCUT2D eigenvalue weighted by Gasteiger charge is 2.25. The molecule has 0 radical (unpaired) electrons. The van der Waals surface area contributed by atoms with Crippen LogP contribution in [0.25, 0.3) is 0 Å². The van der Waals surface area contributed by atoms with Crippen LogP contribution in [-0.2, 0) is 21.9 Å². The molecule has 0 aliphatic heterocycles. The molecule has 2 aromatic carbocycles. The highest BCUT2D eigenvalue weighted by atomic mass is 35.5. The van der Waals surface area contributed by atoms with Gasteiger partial charge >= 0.3 is 0 Å². The number of amides is 2. The van der Waals surface area contributed by atoms with Crippen LogP contribution in [0.5, 0.6) is 0 Å². The minimum atomic E-state index is -0.539. The van der Waals surface area contributed by atoms with Crippen LogP contribution in [0.15, 0.2) is 48.5 Å². The number of halogens is 1. The molecule has 1 N–H and O–H groups in total. The minimum absolute atomic E-state index is 0.0502. The van der Waals surface area contributed by atoms with Gasteiger partial charge in [-0.05, 0) is 44.0 Å². The smallest absolute Gasteiger partial charge is 0.242 e. The zero-order chi connectivity index (χ0) is 20.5. The Kier molecular flexibility index (Phi) is 8.87. The lowest BCUT2D eigenvalue weighted by molar-refractivity contribution is -0.138. The molecule has 0 fully saturated rings. The van der Waals surface area contributed by atoms with Gasteiger partial charge in [0.2, 0.25) is 11.8 Å². The Hall–Kier alpha value is -1.98. The first-order valence-electron chi connectivity index (χ1n) is 9.35. The van der Waals surface area contributed by atoms with Crippen molar-refractivity contribution in [1.29, 1.82) is 0 Å². The molecule has 0 heterocycles. The second kappa shape index (κ2) is 11.1. The van der Waals surface area contributed by atoms with E-state index in [4.69, 9.17) is 11.6 Å². The van der Waals surface area contributed by atoms with Crippen LogP contribution < -0.4 is 5.32 Å². The maximum atomic E-state index is 12.9. The Morgan fingerprint density at radius 3 is 2.29 bits per heavy atom. The number of benzene rings is 2. The molecule has 2 aromatic rings. The molecule has 0 unspecified atom stereocenters. The van der Waals surface area contributed by atoms with E-state index in [9.17, 15) is 9.59 Å². The van der Waals surface area contributed by atoms with Gasteiger partial charge in [-0.1, -0.05) is 53.6 Å². The summed E-state index contributed by atoms with van der Waals surface area (Å²) in [6, 6.07) is 15.1. The number of likely N-dealkylation sites (N-methyl/N-ethyl adjacent to an activating group) is 1. The maximum Gasteiger partial charge on any atom is 0.242 e. The summed E-state index contributed by atoms with van der Waals surface area (Å²) in [5.74, 6) is 0.890. The summed E-state index contributed by atoms with van der Waals surface area (Å²) in [5, 5.41) is 3.45. The fraction of sp³-hybridized carbons (Fsp3) is 0.364. The quantitative estimate of drug-likeness (QED) is 0.655. The average molecular weight is 419 g/mol. The second-order valence-corrected chi connectivity index (χ2v) is 8.12. The first-order valence-corrected chi connectivity index (χ1v) is 10.9. The molecule has 1 atom stereocenters. The maximum absolute atomic E-state index is 12.9. The van der Waals surface area contributed by atoms with Crippen molar-refractivity contribution in [3.63, 3.8) is 0 Å². The lowest BCUT2D eigenvalue weighted by Crippen LogP contribution is -2.48. The minimum Gasteiger partial charge on any atom is -0.355 e. The molecule has 0 aliphatic carbocycles. The van der Waals surface area contributed by atoms with E-state index in [1.807, 2.05) is 19.1 Å². The molecule has 2 rings (SSSR count). The number of hydrogen-bond acceptors (Lipinski definition) is 3. The van der Waals surface area contributed by atoms with E-state index in [1.165, 1.54) is 11.1 Å². The Labute approximate surface area is 176 Å². The van der Waals surface area contributed by atoms with Gasteiger partial charge in [-0.15, -0.1) is 11.8 Å². The Morgan fingerprint density at radius 2 is 1.68 bits per heavy atom. The third-order valence-electron chi connectivity index (χ3n) is 4.40. The molecular weight excluding hydrogens is 392 g/mol. The molecule has 0 aromatic heterocycles. The van der Waals surface area contributed by atoms with E-state index in [-0.39, 0.29) is 11.8 Å². The number of rotatable bonds is 9. The van der Waals surface area contributed by atoms with Gasteiger partial charge in [-0.25, -0.2) is 0 Å². The highest BCUT2D eigenvalue weighted by Crippen LogP contribution is 2.17. The van der Waals surface area contributed by atoms with Crippen LogP contribution >= 0.6 is 23.4 Å². The van der Waals surface area contributed by atoms with Crippen LogP contribution in [0.4, 0.5) is 0 Å². The molecule has 0 saturated carbocycles. The summed E-state index contributed by atoms with van der Waals surface area (Å²) < 4.78 is 0. The number of nitrogens with zero attached hydrogens (tertiary/aromatic N) is 1. The number of carbonyl (C=O) groups excluding carboxylic acids is 2. The lowest BCUT2D eigenvalue weighted by Gasteiger charge is -2.28. The van der Waals surface area contributed by atoms with Gasteiger partial charge in [0.15, 0.2) is 0 Å². The van der Waals surface area contributed by atoms with Crippen molar-refractivity contribution in [2.45, 2.75) is 39.1 Å². The predicted octanol–water partition coefficient (Wildman–Crippen LogP) is 4.44. The summed E-state index contributed by atoms with van der Waals surface area (Å²) in [5.41, 5.74) is 3.34. The van der Waals surface area contributed by atoms with Crippen molar-refractivity contribution in [1.82, 2.24) is 10.2 Å². The molecule has 2 amide bonds. The summed E-state index contributed by atoms with van der Waals surface area (Å²) in [6.45, 7) is 6.60. The summed E-state index contributed by atoms with van der Waals surface area (Å²) in [7, 11) is 0. The van der Waals surface area contributed by atoms with E-state index in [2.05, 4.69) is 36.5 Å². The number of nitrogens with one attached hydrogen (secondary N) is 1. The van der Waals surface area contributed by atoms with Gasteiger partial charge in [0.05, 0.1) is 5.75 Å². The number of carbonyl (C=O) groups is 2. The molecule has 0 bridgehead atoms. The number of thioether (sulfide) groups is 1. The van der Waals surface area contributed by atoms with Gasteiger partial charge < -0.3 is 10.2 Å². The van der Waals surface area contributed by atoms with Gasteiger partial charge in [-0.3, -0.25) is 9.59 Å². The normalized spacial score (nSPS) is 11.7. The Balaban J connectivity index is 2.03. The molecule has 4 nitrogen and oxygen atoms in total. The Bertz CT molecular complexity index is 778. The largest absolute Gasteiger partial charge is 0.355 e. The van der Waals surface area contributed by atoms with E-state index in [0.717, 1.165) is 11.3 Å². The monoisotopic (exact) mass is 418 g/mol. The SMILES string of the molecule is CCNC(=O)[C@H](C)N(Cc1ccc(Cl)cc1)C(=O)CSCc1ccc(C)cc1. The predicted molar refractivity (Wildman–Crippen MR) is 117 cm³/mol. The molecule has 0 saturated heterocycles. The fourth-order valence-electron chi connectivity index (χ4n) is 2.71. The van der Waals surface area contributed by atoms with Crippen molar-refractivity contribution in [2.24, 2.45) is 0 Å². The number of hydrogen-bond donors (Lipinski definition) is 1. The summed E-state index contributed by atoms with van der Waals surface area (Å²) >= 11 is 7.51. The van der Waals surface area contributed by atoms with Crippen molar-refractivity contribution >= 4 is 35.2 Å². The van der Waals surface area contributed by atoms with E-state index in [0.29, 0.717) is 23.9 Å². The molecule has 28 heavy (non-hydrogen) atoms. The standard InChI is InChI=1S/C22H27ClN2O2S/c1-4-24-22(27)17(3)25(13-18-9-11-20(23)12-10-18)21(26)15-28-14-19-7-5-16(2)6-8-19/h5-12,17H,4,13-15H2,1-3H3,(H,24,27)/t17-/m0/s1. The van der Waals surface area contributed by atoms with E-state index < -0.39 is 6.04 Å². The third kappa shape index (κ3) is 6.88. The van der Waals surface area contributed by atoms with Crippen LogP contribution in [0.3, 0.4) is 0 Å². The van der Waals surface area contributed by atoms with Gasteiger partial charge in [0.25, 0.3) is 0 Å². The average Bonchev–Trinajstić information content (AvgIpc) is 2.68. The number of aryl methyl sites for hydroxylation is 1. The molecule has 0 aliphatic rings. The van der Waals surface area contributed by atoms with Crippen molar-refractivity contribution < 1.29 is 9.59 Å². The first-order chi connectivity index (χ1) is 13.4. The fourth-order valence-corrected chi connectivity index (χ4v) is 3.71. The van der Waals surface area contributed by atoms with Crippen LogP contribution in [-0.4, -0.2) is 35.1 Å². The zero-order valence-electron chi connectivity index (χ0n) is 16.6. The zero-order valence-corrected chi connectivity index (χ0v) is 18.1. The van der Waals surface area contributed by atoms with E-state index >= 15 is 0 Å². The molecule has 0 spiro atoms. The van der Waals surface area contributed by atoms with Crippen molar-refractivity contribution in [3.05, 3.63) is 70.2 Å². The second-order valence-electron chi connectivity index (χ2n) is 6.70. The third-order valence-corrected chi connectivity index (χ3v) is 5.64.